The number of halogens is 3. The highest BCUT2D eigenvalue weighted by Gasteiger charge is 2.32. The molecular weight excluding hydrogens is 421 g/mol. The Bertz CT molecular complexity index is 1170. The van der Waals surface area contributed by atoms with Crippen LogP contribution >= 0.6 is 0 Å². The number of ether oxygens (including phenoxy) is 1. The van der Waals surface area contributed by atoms with Crippen molar-refractivity contribution in [1.82, 2.24) is 19.5 Å². The van der Waals surface area contributed by atoms with Crippen LogP contribution in [0.3, 0.4) is 0 Å². The highest BCUT2D eigenvalue weighted by molar-refractivity contribution is 5.92. The molecule has 0 unspecified atom stereocenters. The minimum atomic E-state index is -4.45. The molecule has 3 aromatic rings. The minimum absolute atomic E-state index is 0.164. The van der Waals surface area contributed by atoms with Crippen LogP contribution in [0.1, 0.15) is 41.3 Å². The van der Waals surface area contributed by atoms with E-state index in [0.717, 1.165) is 36.2 Å². The Balaban J connectivity index is 1.54. The summed E-state index contributed by atoms with van der Waals surface area (Å²) >= 11 is 0. The number of alkyl halides is 3. The third-order valence-electron chi connectivity index (χ3n) is 5.64. The van der Waals surface area contributed by atoms with Gasteiger partial charge in [0.2, 0.25) is 5.91 Å². The summed E-state index contributed by atoms with van der Waals surface area (Å²) in [6.07, 6.45) is 1.24. The molecule has 1 atom stereocenters. The van der Waals surface area contributed by atoms with Crippen LogP contribution in [-0.4, -0.2) is 45.6 Å². The monoisotopic (exact) mass is 444 g/mol. The van der Waals surface area contributed by atoms with Crippen molar-refractivity contribution in [3.63, 3.8) is 0 Å². The second-order valence-electron chi connectivity index (χ2n) is 7.90. The molecule has 1 fully saturated rings. The number of aryl methyl sites for hydroxylation is 1. The first kappa shape index (κ1) is 21.9. The molecule has 6 nitrogen and oxygen atoms in total. The number of aromatic nitrogens is 3. The van der Waals surface area contributed by atoms with E-state index >= 15 is 0 Å². The number of fused-ring (bicyclic) bond motifs is 1. The third kappa shape index (κ3) is 4.46. The molecule has 1 saturated heterocycles. The SMILES string of the molecule is COc1ccc(C)cc1/C=C/C(=O)N1CCC[C@H](c2nnc3ccc(C(F)(F)F)cn23)C1. The Kier molecular flexibility index (Phi) is 5.90. The molecule has 2 aromatic heterocycles. The molecule has 0 saturated carbocycles. The maximum atomic E-state index is 13.1. The zero-order valence-electron chi connectivity index (χ0n) is 17.8. The molecule has 168 valence electrons. The van der Waals surface area contributed by atoms with Gasteiger partial charge in [0.25, 0.3) is 0 Å². The summed E-state index contributed by atoms with van der Waals surface area (Å²) in [5.41, 5.74) is 1.44. The van der Waals surface area contributed by atoms with Crippen LogP contribution in [0.5, 0.6) is 5.75 Å². The maximum absolute atomic E-state index is 13.1. The van der Waals surface area contributed by atoms with Gasteiger partial charge in [0.1, 0.15) is 11.6 Å². The van der Waals surface area contributed by atoms with Gasteiger partial charge in [0.05, 0.1) is 12.7 Å². The van der Waals surface area contributed by atoms with Crippen LogP contribution in [-0.2, 0) is 11.0 Å². The van der Waals surface area contributed by atoms with E-state index in [2.05, 4.69) is 10.2 Å². The lowest BCUT2D eigenvalue weighted by atomic mass is 9.97. The number of nitrogens with zero attached hydrogens (tertiary/aromatic N) is 4. The topological polar surface area (TPSA) is 59.7 Å². The number of piperidine rings is 1. The van der Waals surface area contributed by atoms with Crippen molar-refractivity contribution in [2.24, 2.45) is 0 Å². The summed E-state index contributed by atoms with van der Waals surface area (Å²) in [7, 11) is 1.58. The van der Waals surface area contributed by atoms with Crippen molar-refractivity contribution >= 4 is 17.6 Å². The van der Waals surface area contributed by atoms with Crippen LogP contribution in [0.4, 0.5) is 13.2 Å². The van der Waals surface area contributed by atoms with E-state index in [9.17, 15) is 18.0 Å². The van der Waals surface area contributed by atoms with Gasteiger partial charge >= 0.3 is 6.18 Å². The van der Waals surface area contributed by atoms with Gasteiger partial charge in [-0.2, -0.15) is 13.2 Å². The second kappa shape index (κ2) is 8.64. The molecule has 3 heterocycles. The average Bonchev–Trinajstić information content (AvgIpc) is 3.20. The number of carbonyl (C=O) groups excluding carboxylic acids is 1. The summed E-state index contributed by atoms with van der Waals surface area (Å²) in [6, 6.07) is 8.02. The zero-order chi connectivity index (χ0) is 22.9. The number of amides is 1. The Hall–Kier alpha value is -3.36. The molecule has 0 bridgehead atoms. The van der Waals surface area contributed by atoms with Gasteiger partial charge in [0, 0.05) is 36.8 Å². The number of pyridine rings is 1. The largest absolute Gasteiger partial charge is 0.496 e. The number of rotatable bonds is 4. The Morgan fingerprint density at radius 1 is 1.22 bits per heavy atom. The molecular formula is C23H23F3N4O2. The van der Waals surface area contributed by atoms with E-state index in [0.29, 0.717) is 30.3 Å². The van der Waals surface area contributed by atoms with Crippen LogP contribution in [0, 0.1) is 6.92 Å². The van der Waals surface area contributed by atoms with Gasteiger partial charge in [-0.25, -0.2) is 0 Å². The molecule has 32 heavy (non-hydrogen) atoms. The zero-order valence-corrected chi connectivity index (χ0v) is 17.8. The number of likely N-dealkylation sites (tertiary alicyclic amines) is 1. The molecule has 9 heteroatoms. The van der Waals surface area contributed by atoms with Crippen molar-refractivity contribution in [2.75, 3.05) is 20.2 Å². The van der Waals surface area contributed by atoms with Gasteiger partial charge in [0.15, 0.2) is 5.65 Å². The smallest absolute Gasteiger partial charge is 0.417 e. The third-order valence-corrected chi connectivity index (χ3v) is 5.64. The Labute approximate surface area is 183 Å². The van der Waals surface area contributed by atoms with E-state index < -0.39 is 11.7 Å². The quantitative estimate of drug-likeness (QED) is 0.557. The fourth-order valence-electron chi connectivity index (χ4n) is 3.99. The fraction of sp³-hybridized carbons (Fsp3) is 0.348. The summed E-state index contributed by atoms with van der Waals surface area (Å²) in [5, 5.41) is 8.14. The summed E-state index contributed by atoms with van der Waals surface area (Å²) in [5.74, 6) is 0.746. The molecule has 1 aliphatic rings. The van der Waals surface area contributed by atoms with Crippen molar-refractivity contribution < 1.29 is 22.7 Å². The lowest BCUT2D eigenvalue weighted by Crippen LogP contribution is -2.38. The van der Waals surface area contributed by atoms with Crippen LogP contribution in [0.15, 0.2) is 42.6 Å². The first-order valence-electron chi connectivity index (χ1n) is 10.3. The lowest BCUT2D eigenvalue weighted by Gasteiger charge is -2.31. The van der Waals surface area contributed by atoms with Crippen molar-refractivity contribution in [1.29, 1.82) is 0 Å². The maximum Gasteiger partial charge on any atom is 0.417 e. The Morgan fingerprint density at radius 2 is 2.03 bits per heavy atom. The van der Waals surface area contributed by atoms with Crippen molar-refractivity contribution in [2.45, 2.75) is 31.9 Å². The van der Waals surface area contributed by atoms with Crippen molar-refractivity contribution in [3.8, 4) is 5.75 Å². The van der Waals surface area contributed by atoms with E-state index in [-0.39, 0.29) is 11.8 Å². The molecule has 0 aliphatic carbocycles. The molecule has 0 N–H and O–H groups in total. The number of hydrogen-bond acceptors (Lipinski definition) is 4. The number of methoxy groups -OCH3 is 1. The molecule has 1 amide bonds. The second-order valence-corrected chi connectivity index (χ2v) is 7.90. The van der Waals surface area contributed by atoms with Gasteiger partial charge in [-0.3, -0.25) is 9.20 Å². The summed E-state index contributed by atoms with van der Waals surface area (Å²) < 4.78 is 46.2. The van der Waals surface area contributed by atoms with Gasteiger partial charge in [-0.15, -0.1) is 10.2 Å². The molecule has 1 aromatic carbocycles. The normalized spacial score (nSPS) is 17.3. The highest BCUT2D eigenvalue weighted by atomic mass is 19.4. The van der Waals surface area contributed by atoms with E-state index in [1.54, 1.807) is 18.1 Å². The molecule has 0 spiro atoms. The minimum Gasteiger partial charge on any atom is -0.496 e. The summed E-state index contributed by atoms with van der Waals surface area (Å²) in [4.78, 5) is 14.5. The van der Waals surface area contributed by atoms with Crippen LogP contribution < -0.4 is 4.74 Å². The molecule has 0 radical (unpaired) electrons. The number of hydrogen-bond donors (Lipinski definition) is 0. The van der Waals surface area contributed by atoms with Gasteiger partial charge < -0.3 is 9.64 Å². The standard InChI is InChI=1S/C23H23F3N4O2/c1-15-5-8-19(32-2)16(12-15)6-10-21(31)29-11-3-4-17(13-29)22-28-27-20-9-7-18(14-30(20)22)23(24,25)26/h5-10,12,14,17H,3-4,11,13H2,1-2H3/b10-6+/t17-/m0/s1. The predicted octanol–water partition coefficient (Wildman–Crippen LogP) is 4.48. The summed E-state index contributed by atoms with van der Waals surface area (Å²) in [6.45, 7) is 2.90. The molecule has 1 aliphatic heterocycles. The lowest BCUT2D eigenvalue weighted by molar-refractivity contribution is -0.137. The first-order valence-corrected chi connectivity index (χ1v) is 10.3. The number of carbonyl (C=O) groups is 1. The molecule has 4 rings (SSSR count). The average molecular weight is 444 g/mol. The predicted molar refractivity (Wildman–Crippen MR) is 113 cm³/mol. The van der Waals surface area contributed by atoms with E-state index in [1.165, 1.54) is 16.5 Å². The number of benzene rings is 1. The Morgan fingerprint density at radius 3 is 2.78 bits per heavy atom. The first-order chi connectivity index (χ1) is 15.3. The van der Waals surface area contributed by atoms with E-state index in [1.807, 2.05) is 25.1 Å². The van der Waals surface area contributed by atoms with Gasteiger partial charge in [-0.05, 0) is 50.1 Å². The highest BCUT2D eigenvalue weighted by Crippen LogP contribution is 2.31. The fourth-order valence-corrected chi connectivity index (χ4v) is 3.99. The van der Waals surface area contributed by atoms with Gasteiger partial charge in [-0.1, -0.05) is 11.6 Å². The van der Waals surface area contributed by atoms with Crippen LogP contribution in [0.25, 0.3) is 11.7 Å². The van der Waals surface area contributed by atoms with Crippen molar-refractivity contribution in [3.05, 3.63) is 65.1 Å². The van der Waals surface area contributed by atoms with E-state index in [4.69, 9.17) is 4.74 Å². The van der Waals surface area contributed by atoms with Crippen LogP contribution in [0.2, 0.25) is 0 Å².